The van der Waals surface area contributed by atoms with Gasteiger partial charge in [0.1, 0.15) is 5.82 Å². The van der Waals surface area contributed by atoms with Crippen molar-refractivity contribution in [3.8, 4) is 17.1 Å². The standard InChI is InChI=1S/C20H20ClFN4O2/c1-13-4-7-15(21)12-17(13)26-19(14-5-8-16(22)9-6-14)24-18(25-26)20(27)23-10-3-11-28-2/h4-9,12H,3,10-11H2,1-2H3,(H,23,27). The van der Waals surface area contributed by atoms with E-state index in [4.69, 9.17) is 16.3 Å². The van der Waals surface area contributed by atoms with Crippen LogP contribution < -0.4 is 5.32 Å². The molecule has 0 radical (unpaired) electrons. The quantitative estimate of drug-likeness (QED) is 0.610. The van der Waals surface area contributed by atoms with Crippen LogP contribution in [0.3, 0.4) is 0 Å². The molecule has 8 heteroatoms. The molecule has 146 valence electrons. The van der Waals surface area contributed by atoms with Crippen LogP contribution in [-0.4, -0.2) is 40.9 Å². The number of carbonyl (C=O) groups is 1. The molecule has 0 unspecified atom stereocenters. The van der Waals surface area contributed by atoms with Crippen LogP contribution in [0.5, 0.6) is 0 Å². The van der Waals surface area contributed by atoms with Gasteiger partial charge in [0.15, 0.2) is 5.82 Å². The molecule has 0 bridgehead atoms. The van der Waals surface area contributed by atoms with Gasteiger partial charge in [-0.3, -0.25) is 4.79 Å². The molecule has 0 aliphatic heterocycles. The van der Waals surface area contributed by atoms with E-state index in [1.807, 2.05) is 13.0 Å². The largest absolute Gasteiger partial charge is 0.385 e. The Morgan fingerprint density at radius 3 is 2.71 bits per heavy atom. The van der Waals surface area contributed by atoms with Crippen LogP contribution in [0.2, 0.25) is 5.02 Å². The predicted octanol–water partition coefficient (Wildman–Crippen LogP) is 3.80. The maximum atomic E-state index is 13.3. The third-order valence-electron chi connectivity index (χ3n) is 4.12. The first kappa shape index (κ1) is 20.0. The molecule has 0 atom stereocenters. The first-order valence-corrected chi connectivity index (χ1v) is 9.14. The number of nitrogens with one attached hydrogen (secondary N) is 1. The van der Waals surface area contributed by atoms with Gasteiger partial charge in [0.2, 0.25) is 5.82 Å². The predicted molar refractivity (Wildman–Crippen MR) is 105 cm³/mol. The molecular weight excluding hydrogens is 383 g/mol. The average Bonchev–Trinajstić information content (AvgIpc) is 3.13. The van der Waals surface area contributed by atoms with Gasteiger partial charge in [-0.25, -0.2) is 14.1 Å². The molecule has 0 spiro atoms. The molecule has 0 aliphatic rings. The van der Waals surface area contributed by atoms with Crippen molar-refractivity contribution < 1.29 is 13.9 Å². The Morgan fingerprint density at radius 1 is 1.25 bits per heavy atom. The summed E-state index contributed by atoms with van der Waals surface area (Å²) >= 11 is 6.15. The maximum Gasteiger partial charge on any atom is 0.290 e. The van der Waals surface area contributed by atoms with Crippen LogP contribution in [0.4, 0.5) is 4.39 Å². The van der Waals surface area contributed by atoms with Gasteiger partial charge in [-0.15, -0.1) is 5.10 Å². The molecule has 28 heavy (non-hydrogen) atoms. The summed E-state index contributed by atoms with van der Waals surface area (Å²) in [5.74, 6) is -0.300. The van der Waals surface area contributed by atoms with Gasteiger partial charge in [-0.1, -0.05) is 17.7 Å². The molecule has 0 saturated carbocycles. The Labute approximate surface area is 167 Å². The van der Waals surface area contributed by atoms with E-state index in [0.717, 1.165) is 5.56 Å². The number of benzene rings is 2. The van der Waals surface area contributed by atoms with E-state index in [1.165, 1.54) is 12.1 Å². The van der Waals surface area contributed by atoms with Gasteiger partial charge in [-0.05, 0) is 55.3 Å². The molecule has 6 nitrogen and oxygen atoms in total. The molecule has 1 heterocycles. The lowest BCUT2D eigenvalue weighted by Gasteiger charge is -2.09. The number of hydrogen-bond acceptors (Lipinski definition) is 4. The zero-order chi connectivity index (χ0) is 20.1. The highest BCUT2D eigenvalue weighted by Crippen LogP contribution is 2.25. The number of ether oxygens (including phenoxy) is 1. The summed E-state index contributed by atoms with van der Waals surface area (Å²) in [6.45, 7) is 2.90. The average molecular weight is 403 g/mol. The van der Waals surface area contributed by atoms with Gasteiger partial charge < -0.3 is 10.1 Å². The van der Waals surface area contributed by atoms with Crippen LogP contribution in [0.15, 0.2) is 42.5 Å². The second-order valence-corrected chi connectivity index (χ2v) is 6.65. The van der Waals surface area contributed by atoms with Crippen LogP contribution in [0.1, 0.15) is 22.6 Å². The molecular formula is C20H20ClFN4O2. The number of nitrogens with zero attached hydrogens (tertiary/aromatic N) is 3. The lowest BCUT2D eigenvalue weighted by atomic mass is 10.1. The van der Waals surface area contributed by atoms with E-state index in [2.05, 4.69) is 15.4 Å². The van der Waals surface area contributed by atoms with Gasteiger partial charge in [0.05, 0.1) is 5.69 Å². The molecule has 2 aromatic carbocycles. The molecule has 0 saturated heterocycles. The first-order chi connectivity index (χ1) is 13.5. The highest BCUT2D eigenvalue weighted by molar-refractivity contribution is 6.30. The number of amides is 1. The van der Waals surface area contributed by atoms with Gasteiger partial charge in [0, 0.05) is 30.8 Å². The van der Waals surface area contributed by atoms with Crippen LogP contribution in [0.25, 0.3) is 17.1 Å². The lowest BCUT2D eigenvalue weighted by molar-refractivity contribution is 0.0938. The monoisotopic (exact) mass is 402 g/mol. The fourth-order valence-electron chi connectivity index (χ4n) is 2.67. The summed E-state index contributed by atoms with van der Waals surface area (Å²) in [6, 6.07) is 11.2. The second kappa shape index (κ2) is 8.95. The zero-order valence-electron chi connectivity index (χ0n) is 15.6. The fourth-order valence-corrected chi connectivity index (χ4v) is 2.84. The highest BCUT2D eigenvalue weighted by Gasteiger charge is 2.19. The number of rotatable bonds is 7. The number of aromatic nitrogens is 3. The van der Waals surface area contributed by atoms with Crippen molar-refractivity contribution in [2.75, 3.05) is 20.3 Å². The van der Waals surface area contributed by atoms with Crippen LogP contribution in [0, 0.1) is 12.7 Å². The Bertz CT molecular complexity index is 973. The number of methoxy groups -OCH3 is 1. The number of halogens is 2. The summed E-state index contributed by atoms with van der Waals surface area (Å²) in [5.41, 5.74) is 2.23. The van der Waals surface area contributed by atoms with Crippen molar-refractivity contribution in [3.05, 3.63) is 64.7 Å². The van der Waals surface area contributed by atoms with Crippen molar-refractivity contribution in [1.82, 2.24) is 20.1 Å². The van der Waals surface area contributed by atoms with Crippen molar-refractivity contribution >= 4 is 17.5 Å². The summed E-state index contributed by atoms with van der Waals surface area (Å²) in [4.78, 5) is 16.9. The van der Waals surface area contributed by atoms with Crippen LogP contribution in [-0.2, 0) is 4.74 Å². The van der Waals surface area contributed by atoms with E-state index in [0.29, 0.717) is 41.7 Å². The Hall–Kier alpha value is -2.77. The fraction of sp³-hybridized carbons (Fsp3) is 0.250. The number of hydrogen-bond donors (Lipinski definition) is 1. The topological polar surface area (TPSA) is 69.0 Å². The van der Waals surface area contributed by atoms with E-state index >= 15 is 0 Å². The minimum Gasteiger partial charge on any atom is -0.385 e. The minimum atomic E-state index is -0.391. The summed E-state index contributed by atoms with van der Waals surface area (Å²) in [5, 5.41) is 7.69. The third kappa shape index (κ3) is 4.55. The van der Waals surface area contributed by atoms with E-state index in [9.17, 15) is 9.18 Å². The van der Waals surface area contributed by atoms with Gasteiger partial charge in [0.25, 0.3) is 5.91 Å². The number of aryl methyl sites for hydroxylation is 1. The van der Waals surface area contributed by atoms with Gasteiger partial charge >= 0.3 is 0 Å². The van der Waals surface area contributed by atoms with E-state index in [-0.39, 0.29) is 11.6 Å². The molecule has 0 aliphatic carbocycles. The smallest absolute Gasteiger partial charge is 0.290 e. The molecule has 1 aromatic heterocycles. The maximum absolute atomic E-state index is 13.3. The SMILES string of the molecule is COCCCNC(=O)c1nc(-c2ccc(F)cc2)n(-c2cc(Cl)ccc2C)n1. The van der Waals surface area contributed by atoms with Crippen molar-refractivity contribution in [3.63, 3.8) is 0 Å². The molecule has 1 amide bonds. The Balaban J connectivity index is 2.01. The molecule has 0 fully saturated rings. The number of carbonyl (C=O) groups excluding carboxylic acids is 1. The minimum absolute atomic E-state index is 0.0242. The highest BCUT2D eigenvalue weighted by atomic mass is 35.5. The molecule has 1 N–H and O–H groups in total. The summed E-state index contributed by atoms with van der Waals surface area (Å²) < 4.78 is 19.9. The van der Waals surface area contributed by atoms with E-state index < -0.39 is 5.91 Å². The normalized spacial score (nSPS) is 10.9. The lowest BCUT2D eigenvalue weighted by Crippen LogP contribution is -2.26. The third-order valence-corrected chi connectivity index (χ3v) is 4.36. The zero-order valence-corrected chi connectivity index (χ0v) is 16.3. The van der Waals surface area contributed by atoms with Gasteiger partial charge in [-0.2, -0.15) is 0 Å². The van der Waals surface area contributed by atoms with Crippen LogP contribution >= 0.6 is 11.6 Å². The molecule has 3 rings (SSSR count). The Morgan fingerprint density at radius 2 is 2.00 bits per heavy atom. The summed E-state index contributed by atoms with van der Waals surface area (Å²) in [7, 11) is 1.60. The second-order valence-electron chi connectivity index (χ2n) is 6.21. The Kier molecular flexibility index (Phi) is 6.38. The summed E-state index contributed by atoms with van der Waals surface area (Å²) in [6.07, 6.45) is 0.682. The van der Waals surface area contributed by atoms with E-state index in [1.54, 1.807) is 36.1 Å². The van der Waals surface area contributed by atoms with Crippen molar-refractivity contribution in [2.24, 2.45) is 0 Å². The molecule has 3 aromatic rings. The first-order valence-electron chi connectivity index (χ1n) is 8.76. The van der Waals surface area contributed by atoms with Crippen molar-refractivity contribution in [2.45, 2.75) is 13.3 Å². The van der Waals surface area contributed by atoms with Crippen molar-refractivity contribution in [1.29, 1.82) is 0 Å².